The third kappa shape index (κ3) is 3.25. The van der Waals surface area contributed by atoms with Gasteiger partial charge in [0.25, 0.3) is 0 Å². The molecule has 25 heavy (non-hydrogen) atoms. The zero-order valence-electron chi connectivity index (χ0n) is 15.4. The maximum Gasteiger partial charge on any atom is 0.112 e. The van der Waals surface area contributed by atoms with E-state index in [0.717, 1.165) is 21.8 Å². The standard InChI is InChI=1S/C21H22N2OS/c1-15-14-25-21(22-15)20-19(17-11-7-4-8-12-17)23(20)18(13-24-2)16-9-5-3-6-10-16/h3-12,14,18-20H,13H2,1-2H3/t18-,19-,20-,23?/m0/s1/i20D. The van der Waals surface area contributed by atoms with E-state index in [1.54, 1.807) is 18.4 Å². The quantitative estimate of drug-likeness (QED) is 0.588. The smallest absolute Gasteiger partial charge is 0.112 e. The molecule has 1 aromatic heterocycles. The van der Waals surface area contributed by atoms with Crippen LogP contribution in [0.4, 0.5) is 0 Å². The Morgan fingerprint density at radius 1 is 1.16 bits per heavy atom. The summed E-state index contributed by atoms with van der Waals surface area (Å²) >= 11 is 1.57. The Morgan fingerprint density at radius 2 is 1.84 bits per heavy atom. The van der Waals surface area contributed by atoms with Gasteiger partial charge in [0.15, 0.2) is 0 Å². The molecule has 0 spiro atoms. The summed E-state index contributed by atoms with van der Waals surface area (Å²) in [6.07, 6.45) is 0. The Balaban J connectivity index is 1.78. The van der Waals surface area contributed by atoms with Gasteiger partial charge in [0.05, 0.1) is 26.1 Å². The van der Waals surface area contributed by atoms with E-state index in [2.05, 4.69) is 34.1 Å². The van der Waals surface area contributed by atoms with E-state index >= 15 is 0 Å². The molecule has 2 heterocycles. The number of ether oxygens (including phenoxy) is 1. The van der Waals surface area contributed by atoms with Gasteiger partial charge >= 0.3 is 0 Å². The zero-order valence-corrected chi connectivity index (χ0v) is 15.2. The molecule has 1 aliphatic rings. The molecule has 1 unspecified atom stereocenters. The van der Waals surface area contributed by atoms with Crippen LogP contribution in [0.1, 0.15) is 41.3 Å². The topological polar surface area (TPSA) is 25.1 Å². The predicted octanol–water partition coefficient (Wildman–Crippen LogP) is 4.94. The molecule has 0 radical (unpaired) electrons. The summed E-state index contributed by atoms with van der Waals surface area (Å²) in [7, 11) is 1.72. The lowest BCUT2D eigenvalue weighted by molar-refractivity contribution is 0.135. The van der Waals surface area contributed by atoms with E-state index < -0.39 is 6.02 Å². The van der Waals surface area contributed by atoms with Crippen molar-refractivity contribution in [1.29, 1.82) is 0 Å². The van der Waals surface area contributed by atoms with Crippen LogP contribution in [-0.2, 0) is 4.74 Å². The van der Waals surface area contributed by atoms with Gasteiger partial charge in [0.1, 0.15) is 5.01 Å². The molecule has 1 fully saturated rings. The van der Waals surface area contributed by atoms with Crippen LogP contribution in [0, 0.1) is 6.92 Å². The van der Waals surface area contributed by atoms with Gasteiger partial charge in [0.2, 0.25) is 0 Å². The Morgan fingerprint density at radius 3 is 2.44 bits per heavy atom. The van der Waals surface area contributed by atoms with E-state index in [9.17, 15) is 1.37 Å². The highest BCUT2D eigenvalue weighted by molar-refractivity contribution is 7.09. The lowest BCUT2D eigenvalue weighted by Gasteiger charge is -2.19. The highest BCUT2D eigenvalue weighted by Gasteiger charge is 2.54. The molecule has 2 aromatic carbocycles. The Bertz CT molecular complexity index is 870. The zero-order chi connectivity index (χ0) is 18.1. The Hall–Kier alpha value is -2.01. The van der Waals surface area contributed by atoms with Crippen molar-refractivity contribution in [3.63, 3.8) is 0 Å². The van der Waals surface area contributed by atoms with Gasteiger partial charge in [-0.1, -0.05) is 60.7 Å². The summed E-state index contributed by atoms with van der Waals surface area (Å²) in [6.45, 7) is 2.52. The number of thiazole rings is 1. The number of aromatic nitrogens is 1. The first-order valence-electron chi connectivity index (χ1n) is 8.96. The molecule has 3 aromatic rings. The van der Waals surface area contributed by atoms with E-state index in [1.807, 2.05) is 48.7 Å². The number of hydrogen-bond donors (Lipinski definition) is 0. The maximum absolute atomic E-state index is 9.33. The number of benzene rings is 2. The summed E-state index contributed by atoms with van der Waals surface area (Å²) in [6, 6.07) is 19.7. The van der Waals surface area contributed by atoms with Crippen LogP contribution in [0.15, 0.2) is 66.0 Å². The fourth-order valence-electron chi connectivity index (χ4n) is 3.38. The number of rotatable bonds is 6. The van der Waals surface area contributed by atoms with Gasteiger partial charge in [0, 0.05) is 18.2 Å². The molecule has 3 nitrogen and oxygen atoms in total. The molecule has 0 saturated carbocycles. The maximum atomic E-state index is 9.33. The van der Waals surface area contributed by atoms with Crippen molar-refractivity contribution in [2.75, 3.05) is 13.7 Å². The Kier molecular flexibility index (Phi) is 4.32. The molecule has 4 rings (SSSR count). The van der Waals surface area contributed by atoms with Crippen LogP contribution < -0.4 is 0 Å². The van der Waals surface area contributed by atoms with E-state index in [-0.39, 0.29) is 12.1 Å². The second-order valence-electron chi connectivity index (χ2n) is 6.28. The first-order valence-corrected chi connectivity index (χ1v) is 9.34. The highest BCUT2D eigenvalue weighted by atomic mass is 32.1. The minimum atomic E-state index is -0.862. The van der Waals surface area contributed by atoms with E-state index in [1.165, 1.54) is 0 Å². The van der Waals surface area contributed by atoms with Gasteiger partial charge in [-0.25, -0.2) is 4.98 Å². The summed E-state index contributed by atoms with van der Waals surface area (Å²) in [5, 5.41) is 2.87. The molecule has 0 amide bonds. The SMILES string of the molecule is [2H][C@@]1(c2nc(C)cs2)[C@H](c2ccccc2)N1[C@@H](COC)c1ccccc1. The van der Waals surface area contributed by atoms with Crippen molar-refractivity contribution in [2.45, 2.75) is 25.0 Å². The third-order valence-corrected chi connectivity index (χ3v) is 5.53. The van der Waals surface area contributed by atoms with Gasteiger partial charge in [-0.3, -0.25) is 4.90 Å². The summed E-state index contributed by atoms with van der Waals surface area (Å²) in [5.74, 6) is 0. The van der Waals surface area contributed by atoms with Gasteiger partial charge in [-0.05, 0) is 18.1 Å². The highest BCUT2D eigenvalue weighted by Crippen LogP contribution is 2.59. The van der Waals surface area contributed by atoms with Crippen LogP contribution >= 0.6 is 11.3 Å². The molecule has 4 heteroatoms. The molecule has 1 saturated heterocycles. The predicted molar refractivity (Wildman–Crippen MR) is 102 cm³/mol. The van der Waals surface area contributed by atoms with Crippen LogP contribution in [0.2, 0.25) is 0 Å². The molecule has 1 aliphatic heterocycles. The monoisotopic (exact) mass is 351 g/mol. The van der Waals surface area contributed by atoms with E-state index in [4.69, 9.17) is 4.74 Å². The van der Waals surface area contributed by atoms with Crippen LogP contribution in [-0.4, -0.2) is 23.6 Å². The van der Waals surface area contributed by atoms with Crippen molar-refractivity contribution >= 4 is 11.3 Å². The van der Waals surface area contributed by atoms with Crippen molar-refractivity contribution in [3.05, 3.63) is 87.9 Å². The molecule has 0 bridgehead atoms. The largest absolute Gasteiger partial charge is 0.383 e. The summed E-state index contributed by atoms with van der Waals surface area (Å²) < 4.78 is 14.9. The third-order valence-electron chi connectivity index (χ3n) is 4.55. The molecular formula is C21H22N2OS. The minimum Gasteiger partial charge on any atom is -0.383 e. The van der Waals surface area contributed by atoms with Crippen LogP contribution in [0.5, 0.6) is 0 Å². The van der Waals surface area contributed by atoms with Gasteiger partial charge in [-0.15, -0.1) is 11.3 Å². The fourth-order valence-corrected chi connectivity index (χ4v) is 4.25. The number of aryl methyl sites for hydroxylation is 1. The molecule has 0 N–H and O–H groups in total. The van der Waals surface area contributed by atoms with Crippen LogP contribution in [0.3, 0.4) is 0 Å². The van der Waals surface area contributed by atoms with E-state index in [0.29, 0.717) is 6.61 Å². The number of hydrogen-bond acceptors (Lipinski definition) is 4. The Labute approximate surface area is 154 Å². The van der Waals surface area contributed by atoms with Crippen LogP contribution in [0.25, 0.3) is 0 Å². The van der Waals surface area contributed by atoms with Gasteiger partial charge in [-0.2, -0.15) is 0 Å². The fraction of sp³-hybridized carbons (Fsp3) is 0.286. The normalized spacial score (nSPS) is 26.9. The first-order chi connectivity index (χ1) is 12.7. The van der Waals surface area contributed by atoms with Crippen molar-refractivity contribution in [1.82, 2.24) is 9.88 Å². The second-order valence-corrected chi connectivity index (χ2v) is 7.14. The minimum absolute atomic E-state index is 0.00751. The molecule has 128 valence electrons. The number of methoxy groups -OCH3 is 1. The molecule has 4 atom stereocenters. The lowest BCUT2D eigenvalue weighted by atomic mass is 10.1. The second kappa shape index (κ2) is 7.08. The summed E-state index contributed by atoms with van der Waals surface area (Å²) in [5.41, 5.74) is 3.28. The average molecular weight is 351 g/mol. The molecule has 0 aliphatic carbocycles. The van der Waals surface area contributed by atoms with Crippen molar-refractivity contribution in [2.24, 2.45) is 0 Å². The summed E-state index contributed by atoms with van der Waals surface area (Å²) in [4.78, 5) is 6.88. The van der Waals surface area contributed by atoms with Crippen molar-refractivity contribution < 1.29 is 6.11 Å². The number of nitrogens with zero attached hydrogens (tertiary/aromatic N) is 2. The molecular weight excluding hydrogens is 328 g/mol. The average Bonchev–Trinajstić information content (AvgIpc) is 3.05. The van der Waals surface area contributed by atoms with Gasteiger partial charge < -0.3 is 4.74 Å². The first kappa shape index (κ1) is 15.3. The lowest BCUT2D eigenvalue weighted by Crippen LogP contribution is -2.16. The van der Waals surface area contributed by atoms with Crippen molar-refractivity contribution in [3.8, 4) is 0 Å².